The zero-order chi connectivity index (χ0) is 18.8. The average molecular weight is 365 g/mol. The number of hydrogen-bond acceptors (Lipinski definition) is 5. The third kappa shape index (κ3) is 3.88. The molecule has 0 aromatic heterocycles. The van der Waals surface area contributed by atoms with Crippen LogP contribution in [-0.2, 0) is 6.54 Å². The van der Waals surface area contributed by atoms with Crippen LogP contribution < -0.4 is 0 Å². The number of aromatic hydroxyl groups is 2. The van der Waals surface area contributed by atoms with Crippen LogP contribution in [-0.4, -0.2) is 57.8 Å². The van der Waals surface area contributed by atoms with Gasteiger partial charge in [0.1, 0.15) is 0 Å². The average Bonchev–Trinajstić information content (AvgIpc) is 3.07. The van der Waals surface area contributed by atoms with E-state index in [-0.39, 0.29) is 11.5 Å². The second-order valence-corrected chi connectivity index (χ2v) is 7.56. The molecule has 0 bridgehead atoms. The molecule has 2 N–H and O–H groups in total. The van der Waals surface area contributed by atoms with Gasteiger partial charge in [-0.1, -0.05) is 30.3 Å². The SMILES string of the molecule is CN1CN(C2CCN(Cc3ccccc3)CC2)C=C1c1ccc(O)c(O)c1. The van der Waals surface area contributed by atoms with Crippen LogP contribution in [0.2, 0.25) is 0 Å². The van der Waals surface area contributed by atoms with E-state index >= 15 is 0 Å². The quantitative estimate of drug-likeness (QED) is 0.815. The number of benzene rings is 2. The zero-order valence-corrected chi connectivity index (χ0v) is 15.8. The minimum Gasteiger partial charge on any atom is -0.504 e. The van der Waals surface area contributed by atoms with Crippen LogP contribution in [0.3, 0.4) is 0 Å². The third-order valence-corrected chi connectivity index (χ3v) is 5.62. The maximum Gasteiger partial charge on any atom is 0.158 e. The first kappa shape index (κ1) is 17.7. The van der Waals surface area contributed by atoms with Crippen LogP contribution in [0, 0.1) is 0 Å². The van der Waals surface area contributed by atoms with Crippen molar-refractivity contribution in [1.29, 1.82) is 0 Å². The molecular weight excluding hydrogens is 338 g/mol. The molecule has 2 aromatic rings. The molecule has 27 heavy (non-hydrogen) atoms. The van der Waals surface area contributed by atoms with Crippen molar-refractivity contribution < 1.29 is 10.2 Å². The molecule has 0 unspecified atom stereocenters. The molecule has 5 heteroatoms. The van der Waals surface area contributed by atoms with Crippen molar-refractivity contribution in [2.24, 2.45) is 0 Å². The van der Waals surface area contributed by atoms with Crippen LogP contribution >= 0.6 is 0 Å². The number of rotatable bonds is 4. The van der Waals surface area contributed by atoms with Gasteiger partial charge in [-0.3, -0.25) is 4.90 Å². The highest BCUT2D eigenvalue weighted by Gasteiger charge is 2.28. The van der Waals surface area contributed by atoms with Crippen LogP contribution in [0.25, 0.3) is 5.70 Å². The maximum absolute atomic E-state index is 9.80. The Morgan fingerprint density at radius 2 is 1.70 bits per heavy atom. The van der Waals surface area contributed by atoms with Crippen molar-refractivity contribution in [1.82, 2.24) is 14.7 Å². The van der Waals surface area contributed by atoms with E-state index in [0.29, 0.717) is 6.04 Å². The highest BCUT2D eigenvalue weighted by Crippen LogP contribution is 2.33. The molecule has 2 aliphatic heterocycles. The van der Waals surface area contributed by atoms with E-state index < -0.39 is 0 Å². The van der Waals surface area contributed by atoms with Gasteiger partial charge in [-0.05, 0) is 36.6 Å². The fourth-order valence-electron chi connectivity index (χ4n) is 4.07. The molecule has 0 saturated carbocycles. The summed E-state index contributed by atoms with van der Waals surface area (Å²) in [5.74, 6) is -0.155. The van der Waals surface area contributed by atoms with Crippen LogP contribution in [0.1, 0.15) is 24.0 Å². The van der Waals surface area contributed by atoms with Crippen LogP contribution in [0.5, 0.6) is 11.5 Å². The van der Waals surface area contributed by atoms with E-state index in [0.717, 1.165) is 50.4 Å². The Morgan fingerprint density at radius 3 is 2.41 bits per heavy atom. The summed E-state index contributed by atoms with van der Waals surface area (Å²) in [6.07, 6.45) is 4.51. The lowest BCUT2D eigenvalue weighted by Gasteiger charge is -2.37. The monoisotopic (exact) mass is 365 g/mol. The predicted octanol–water partition coefficient (Wildman–Crippen LogP) is 3.27. The summed E-state index contributed by atoms with van der Waals surface area (Å²) in [6, 6.07) is 16.2. The topological polar surface area (TPSA) is 50.2 Å². The number of hydrogen-bond donors (Lipinski definition) is 2. The van der Waals surface area contributed by atoms with Crippen LogP contribution in [0.4, 0.5) is 0 Å². The van der Waals surface area contributed by atoms with Crippen molar-refractivity contribution >= 4 is 5.70 Å². The molecule has 142 valence electrons. The molecule has 4 rings (SSSR count). The molecule has 0 amide bonds. The first-order valence-corrected chi connectivity index (χ1v) is 9.57. The zero-order valence-electron chi connectivity index (χ0n) is 15.8. The van der Waals surface area contributed by atoms with Gasteiger partial charge in [0, 0.05) is 44.5 Å². The molecule has 0 atom stereocenters. The summed E-state index contributed by atoms with van der Waals surface area (Å²) in [6.45, 7) is 4.12. The molecule has 1 fully saturated rings. The van der Waals surface area contributed by atoms with Gasteiger partial charge in [0.05, 0.1) is 12.4 Å². The molecular formula is C22H27N3O2. The normalized spacial score (nSPS) is 18.8. The van der Waals surface area contributed by atoms with Crippen molar-refractivity contribution in [3.63, 3.8) is 0 Å². The highest BCUT2D eigenvalue weighted by atomic mass is 16.3. The fraction of sp³-hybridized carbons (Fsp3) is 0.364. The van der Waals surface area contributed by atoms with Gasteiger partial charge in [-0.15, -0.1) is 0 Å². The molecule has 0 aliphatic carbocycles. The lowest BCUT2D eigenvalue weighted by atomic mass is 10.0. The standard InChI is InChI=1S/C22H27N3O2/c1-23-16-25(15-20(23)18-7-8-21(26)22(27)13-18)19-9-11-24(12-10-19)14-17-5-3-2-4-6-17/h2-8,13,15,19,26-27H,9-12,14,16H2,1H3. The summed E-state index contributed by atoms with van der Waals surface area (Å²) in [4.78, 5) is 7.15. The van der Waals surface area contributed by atoms with E-state index in [4.69, 9.17) is 0 Å². The van der Waals surface area contributed by atoms with Gasteiger partial charge in [-0.25, -0.2) is 0 Å². The van der Waals surface area contributed by atoms with Gasteiger partial charge < -0.3 is 20.0 Å². The molecule has 0 spiro atoms. The largest absolute Gasteiger partial charge is 0.504 e. The Labute approximate surface area is 160 Å². The number of piperidine rings is 1. The molecule has 0 radical (unpaired) electrons. The third-order valence-electron chi connectivity index (χ3n) is 5.62. The lowest BCUT2D eigenvalue weighted by Crippen LogP contribution is -2.43. The molecule has 5 nitrogen and oxygen atoms in total. The van der Waals surface area contributed by atoms with Gasteiger partial charge in [0.25, 0.3) is 0 Å². The Morgan fingerprint density at radius 1 is 0.963 bits per heavy atom. The molecule has 2 heterocycles. The molecule has 2 aromatic carbocycles. The van der Waals surface area contributed by atoms with E-state index in [1.165, 1.54) is 5.56 Å². The van der Waals surface area contributed by atoms with Crippen molar-refractivity contribution in [2.75, 3.05) is 26.8 Å². The van der Waals surface area contributed by atoms with Crippen molar-refractivity contribution in [3.8, 4) is 11.5 Å². The second kappa shape index (κ2) is 7.53. The minimum atomic E-state index is -0.0809. The van der Waals surface area contributed by atoms with E-state index in [9.17, 15) is 10.2 Å². The number of phenolic OH excluding ortho intramolecular Hbond substituents is 2. The minimum absolute atomic E-state index is 0.0746. The maximum atomic E-state index is 9.80. The first-order valence-electron chi connectivity index (χ1n) is 9.57. The molecule has 1 saturated heterocycles. The predicted molar refractivity (Wildman–Crippen MR) is 107 cm³/mol. The lowest BCUT2D eigenvalue weighted by molar-refractivity contribution is 0.126. The summed E-state index contributed by atoms with van der Waals surface area (Å²) in [7, 11) is 2.07. The van der Waals surface area contributed by atoms with Crippen molar-refractivity contribution in [2.45, 2.75) is 25.4 Å². The van der Waals surface area contributed by atoms with E-state index in [1.807, 2.05) is 6.07 Å². The summed E-state index contributed by atoms with van der Waals surface area (Å²) < 4.78 is 0. The van der Waals surface area contributed by atoms with Gasteiger partial charge in [-0.2, -0.15) is 0 Å². The van der Waals surface area contributed by atoms with Crippen LogP contribution in [0.15, 0.2) is 54.7 Å². The first-order chi connectivity index (χ1) is 13.1. The van der Waals surface area contributed by atoms with Gasteiger partial charge in [0.2, 0.25) is 0 Å². The highest BCUT2D eigenvalue weighted by molar-refractivity contribution is 5.67. The van der Waals surface area contributed by atoms with Gasteiger partial charge >= 0.3 is 0 Å². The number of phenols is 2. The Balaban J connectivity index is 1.38. The van der Waals surface area contributed by atoms with Crippen molar-refractivity contribution in [3.05, 3.63) is 65.9 Å². The Bertz CT molecular complexity index is 814. The Hall–Kier alpha value is -2.66. The Kier molecular flexibility index (Phi) is 4.94. The van der Waals surface area contributed by atoms with Gasteiger partial charge in [0.15, 0.2) is 11.5 Å². The second-order valence-electron chi connectivity index (χ2n) is 7.56. The smallest absolute Gasteiger partial charge is 0.158 e. The summed E-state index contributed by atoms with van der Waals surface area (Å²) in [5, 5.41) is 19.3. The summed E-state index contributed by atoms with van der Waals surface area (Å²) >= 11 is 0. The number of likely N-dealkylation sites (tertiary alicyclic amines) is 1. The van der Waals surface area contributed by atoms with E-state index in [1.54, 1.807) is 12.1 Å². The molecule has 2 aliphatic rings. The number of nitrogens with zero attached hydrogens (tertiary/aromatic N) is 3. The fourth-order valence-corrected chi connectivity index (χ4v) is 4.07. The summed E-state index contributed by atoms with van der Waals surface area (Å²) in [5.41, 5.74) is 3.39. The van der Waals surface area contributed by atoms with E-state index in [2.05, 4.69) is 58.3 Å².